The topological polar surface area (TPSA) is 54.2 Å². The van der Waals surface area contributed by atoms with Gasteiger partial charge < -0.3 is 13.7 Å². The van der Waals surface area contributed by atoms with Crippen molar-refractivity contribution in [2.24, 2.45) is 9.98 Å². The SMILES string of the molecule is CN1C(c2ccccc2-c2cccc3oc4ccccc4c23)=NC(c2ccccc2)=NC1c1ccc2c(c1)oc1ccccc12. The predicted molar refractivity (Wildman–Crippen MR) is 183 cm³/mol. The molecule has 45 heavy (non-hydrogen) atoms. The van der Waals surface area contributed by atoms with Gasteiger partial charge in [0.05, 0.1) is 0 Å². The molecule has 214 valence electrons. The number of fused-ring (bicyclic) bond motifs is 6. The maximum Gasteiger partial charge on any atom is 0.159 e. The Bertz CT molecular complexity index is 2470. The van der Waals surface area contributed by atoms with Gasteiger partial charge in [-0.2, -0.15) is 0 Å². The summed E-state index contributed by atoms with van der Waals surface area (Å²) in [6.45, 7) is 0. The van der Waals surface area contributed by atoms with Crippen LogP contribution in [0.5, 0.6) is 0 Å². The Morgan fingerprint density at radius 3 is 2.00 bits per heavy atom. The number of amidine groups is 2. The highest BCUT2D eigenvalue weighted by atomic mass is 16.3. The van der Waals surface area contributed by atoms with Crippen molar-refractivity contribution >= 4 is 55.5 Å². The molecule has 1 atom stereocenters. The average molecular weight is 582 g/mol. The molecule has 3 heterocycles. The largest absolute Gasteiger partial charge is 0.456 e. The van der Waals surface area contributed by atoms with E-state index in [4.69, 9.17) is 18.8 Å². The number of hydrogen-bond donors (Lipinski definition) is 0. The molecule has 0 amide bonds. The van der Waals surface area contributed by atoms with Crippen LogP contribution < -0.4 is 0 Å². The number of furan rings is 2. The Hall–Kier alpha value is -5.94. The van der Waals surface area contributed by atoms with Gasteiger partial charge in [-0.1, -0.05) is 115 Å². The first-order chi connectivity index (χ1) is 22.2. The Balaban J connectivity index is 1.24. The summed E-state index contributed by atoms with van der Waals surface area (Å²) in [5.74, 6) is 1.54. The van der Waals surface area contributed by atoms with Crippen LogP contribution in [0.1, 0.15) is 22.9 Å². The molecule has 0 N–H and O–H groups in total. The van der Waals surface area contributed by atoms with Gasteiger partial charge in [-0.05, 0) is 35.4 Å². The molecule has 8 aromatic rings. The lowest BCUT2D eigenvalue weighted by atomic mass is 9.94. The van der Waals surface area contributed by atoms with E-state index in [0.717, 1.165) is 77.5 Å². The number of nitrogens with zero attached hydrogens (tertiary/aromatic N) is 3. The highest BCUT2D eigenvalue weighted by Crippen LogP contribution is 2.40. The molecule has 1 unspecified atom stereocenters. The lowest BCUT2D eigenvalue weighted by Crippen LogP contribution is -2.36. The minimum Gasteiger partial charge on any atom is -0.456 e. The second-order valence-corrected chi connectivity index (χ2v) is 11.4. The molecular weight excluding hydrogens is 554 g/mol. The minimum absolute atomic E-state index is 0.316. The predicted octanol–water partition coefficient (Wildman–Crippen LogP) is 9.99. The third-order valence-electron chi connectivity index (χ3n) is 8.75. The fourth-order valence-electron chi connectivity index (χ4n) is 6.62. The van der Waals surface area contributed by atoms with Crippen LogP contribution in [0.25, 0.3) is 55.0 Å². The van der Waals surface area contributed by atoms with Gasteiger partial charge in [-0.3, -0.25) is 0 Å². The van der Waals surface area contributed by atoms with Crippen LogP contribution in [0.2, 0.25) is 0 Å². The molecule has 9 rings (SSSR count). The van der Waals surface area contributed by atoms with E-state index in [0.29, 0.717) is 5.84 Å². The van der Waals surface area contributed by atoms with Crippen molar-refractivity contribution < 1.29 is 8.83 Å². The van der Waals surface area contributed by atoms with Crippen molar-refractivity contribution in [1.29, 1.82) is 0 Å². The molecule has 1 aliphatic rings. The van der Waals surface area contributed by atoms with Crippen molar-refractivity contribution in [3.8, 4) is 11.1 Å². The molecule has 6 aromatic carbocycles. The molecule has 2 aromatic heterocycles. The summed E-state index contributed by atoms with van der Waals surface area (Å²) in [7, 11) is 2.07. The monoisotopic (exact) mass is 581 g/mol. The number of para-hydroxylation sites is 2. The van der Waals surface area contributed by atoms with E-state index in [2.05, 4.69) is 96.9 Å². The van der Waals surface area contributed by atoms with Crippen molar-refractivity contribution in [3.05, 3.63) is 156 Å². The summed E-state index contributed by atoms with van der Waals surface area (Å²) in [4.78, 5) is 12.6. The van der Waals surface area contributed by atoms with Crippen molar-refractivity contribution in [1.82, 2.24) is 4.90 Å². The van der Waals surface area contributed by atoms with Gasteiger partial charge >= 0.3 is 0 Å². The number of aliphatic imine (C=N–C) groups is 2. The van der Waals surface area contributed by atoms with E-state index < -0.39 is 0 Å². The normalized spacial score (nSPS) is 15.2. The van der Waals surface area contributed by atoms with Crippen molar-refractivity contribution in [2.45, 2.75) is 6.17 Å². The molecule has 0 radical (unpaired) electrons. The fraction of sp³-hybridized carbons (Fsp3) is 0.0500. The molecule has 0 saturated heterocycles. The molecule has 5 heteroatoms. The Labute approximate surface area is 259 Å². The number of hydrogen-bond acceptors (Lipinski definition) is 5. The quantitative estimate of drug-likeness (QED) is 0.208. The molecule has 5 nitrogen and oxygen atoms in total. The lowest BCUT2D eigenvalue weighted by molar-refractivity contribution is 0.383. The van der Waals surface area contributed by atoms with Crippen LogP contribution in [0.3, 0.4) is 0 Å². The average Bonchev–Trinajstić information content (AvgIpc) is 3.67. The van der Waals surface area contributed by atoms with Gasteiger partial charge in [0, 0.05) is 45.3 Å². The summed E-state index contributed by atoms with van der Waals surface area (Å²) in [5, 5.41) is 4.41. The van der Waals surface area contributed by atoms with Gasteiger partial charge in [-0.25, -0.2) is 9.98 Å². The first-order valence-corrected chi connectivity index (χ1v) is 15.1. The van der Waals surface area contributed by atoms with E-state index >= 15 is 0 Å². The van der Waals surface area contributed by atoms with E-state index in [1.54, 1.807) is 0 Å². The Morgan fingerprint density at radius 2 is 1.16 bits per heavy atom. The van der Waals surface area contributed by atoms with Gasteiger partial charge in [0.1, 0.15) is 28.2 Å². The molecular formula is C40H27N3O2. The molecule has 0 saturated carbocycles. The van der Waals surface area contributed by atoms with E-state index in [9.17, 15) is 0 Å². The van der Waals surface area contributed by atoms with Gasteiger partial charge in [0.2, 0.25) is 0 Å². The van der Waals surface area contributed by atoms with Gasteiger partial charge in [0.25, 0.3) is 0 Å². The van der Waals surface area contributed by atoms with Crippen LogP contribution in [0, 0.1) is 0 Å². The van der Waals surface area contributed by atoms with E-state index in [1.807, 2.05) is 54.6 Å². The third kappa shape index (κ3) is 4.09. The maximum absolute atomic E-state index is 6.28. The zero-order valence-corrected chi connectivity index (χ0v) is 24.5. The zero-order chi connectivity index (χ0) is 29.9. The second-order valence-electron chi connectivity index (χ2n) is 11.4. The molecule has 0 bridgehead atoms. The summed E-state index contributed by atoms with van der Waals surface area (Å²) in [6, 6.07) is 47.8. The minimum atomic E-state index is -0.316. The highest BCUT2D eigenvalue weighted by Gasteiger charge is 2.29. The first kappa shape index (κ1) is 25.5. The Kier molecular flexibility index (Phi) is 5.72. The number of benzene rings is 6. The summed E-state index contributed by atoms with van der Waals surface area (Å²) in [5.41, 5.74) is 8.69. The van der Waals surface area contributed by atoms with Crippen LogP contribution in [-0.4, -0.2) is 23.6 Å². The van der Waals surface area contributed by atoms with E-state index in [1.165, 1.54) is 0 Å². The maximum atomic E-state index is 6.28. The molecule has 0 spiro atoms. The number of rotatable bonds is 4. The summed E-state index contributed by atoms with van der Waals surface area (Å²) >= 11 is 0. The summed E-state index contributed by atoms with van der Waals surface area (Å²) < 4.78 is 12.5. The smallest absolute Gasteiger partial charge is 0.159 e. The first-order valence-electron chi connectivity index (χ1n) is 15.1. The second kappa shape index (κ2) is 10.1. The fourth-order valence-corrected chi connectivity index (χ4v) is 6.62. The van der Waals surface area contributed by atoms with Crippen LogP contribution in [0.15, 0.2) is 158 Å². The molecule has 0 aliphatic carbocycles. The van der Waals surface area contributed by atoms with E-state index in [-0.39, 0.29) is 6.17 Å². The third-order valence-corrected chi connectivity index (χ3v) is 8.75. The lowest BCUT2D eigenvalue weighted by Gasteiger charge is -2.33. The molecule has 0 fully saturated rings. The standard InChI is InChI=1S/C40H27N3O2/c1-43-39(26-22-23-29-28-15-7-9-19-33(28)45-36(29)24-26)41-38(25-12-3-2-4-13-25)42-40(43)31-16-6-5-14-27(31)30-18-11-21-35-37(30)32-17-8-10-20-34(32)44-35/h2-24,39H,1H3. The highest BCUT2D eigenvalue weighted by molar-refractivity contribution is 6.18. The van der Waals surface area contributed by atoms with Crippen LogP contribution in [-0.2, 0) is 0 Å². The summed E-state index contributed by atoms with van der Waals surface area (Å²) in [6.07, 6.45) is -0.316. The zero-order valence-electron chi connectivity index (χ0n) is 24.5. The van der Waals surface area contributed by atoms with Crippen LogP contribution >= 0.6 is 0 Å². The van der Waals surface area contributed by atoms with Crippen molar-refractivity contribution in [3.63, 3.8) is 0 Å². The van der Waals surface area contributed by atoms with Crippen molar-refractivity contribution in [2.75, 3.05) is 7.05 Å². The van der Waals surface area contributed by atoms with Crippen LogP contribution in [0.4, 0.5) is 0 Å². The van der Waals surface area contributed by atoms with Gasteiger partial charge in [0.15, 0.2) is 12.0 Å². The molecule has 1 aliphatic heterocycles. The van der Waals surface area contributed by atoms with Gasteiger partial charge in [-0.15, -0.1) is 0 Å². The Morgan fingerprint density at radius 1 is 0.533 bits per heavy atom.